The average molecular weight is 572 g/mol. The first-order valence-corrected chi connectivity index (χ1v) is 15.3. The van der Waals surface area contributed by atoms with Gasteiger partial charge in [-0.25, -0.2) is 4.79 Å². The molecule has 220 valence electrons. The topological polar surface area (TPSA) is 108 Å². The summed E-state index contributed by atoms with van der Waals surface area (Å²) in [5.74, 6) is -0.0892. The second-order valence-electron chi connectivity index (χ2n) is 10.8. The predicted molar refractivity (Wildman–Crippen MR) is 161 cm³/mol. The zero-order valence-corrected chi connectivity index (χ0v) is 25.3. The van der Waals surface area contributed by atoms with Gasteiger partial charge in [-0.1, -0.05) is 68.7 Å². The van der Waals surface area contributed by atoms with Crippen molar-refractivity contribution in [3.8, 4) is 5.75 Å². The van der Waals surface area contributed by atoms with Crippen LogP contribution >= 0.6 is 11.8 Å². The lowest BCUT2D eigenvalue weighted by Crippen LogP contribution is -2.53. The van der Waals surface area contributed by atoms with Crippen LogP contribution in [0, 0.1) is 0 Å². The summed E-state index contributed by atoms with van der Waals surface area (Å²) in [4.78, 5) is 42.3. The number of nitrogens with one attached hydrogen (secondary N) is 2. The van der Waals surface area contributed by atoms with Gasteiger partial charge in [0.05, 0.1) is 0 Å². The van der Waals surface area contributed by atoms with Gasteiger partial charge in [0.15, 0.2) is 0 Å². The van der Waals surface area contributed by atoms with Crippen molar-refractivity contribution in [2.45, 2.75) is 84.0 Å². The number of phenolic OH excluding ortho intramolecular Hbond substituents is 1. The quantitative estimate of drug-likeness (QED) is 0.233. The Morgan fingerprint density at radius 1 is 1.02 bits per heavy atom. The lowest BCUT2D eigenvalue weighted by atomic mass is 10.0. The van der Waals surface area contributed by atoms with Crippen LogP contribution in [0.2, 0.25) is 0 Å². The number of carbonyl (C=O) groups is 3. The van der Waals surface area contributed by atoms with E-state index < -0.39 is 23.8 Å². The number of amides is 3. The molecule has 0 aromatic heterocycles. The Kier molecular flexibility index (Phi) is 13.9. The zero-order valence-electron chi connectivity index (χ0n) is 24.4. The van der Waals surface area contributed by atoms with E-state index in [0.29, 0.717) is 37.2 Å². The van der Waals surface area contributed by atoms with Crippen molar-refractivity contribution in [2.24, 2.45) is 0 Å². The van der Waals surface area contributed by atoms with E-state index in [1.54, 1.807) is 49.6 Å². The van der Waals surface area contributed by atoms with Gasteiger partial charge in [-0.05, 0) is 68.9 Å². The maximum absolute atomic E-state index is 14.2. The molecule has 40 heavy (non-hydrogen) atoms. The lowest BCUT2D eigenvalue weighted by Gasteiger charge is -2.34. The Labute approximate surface area is 243 Å². The van der Waals surface area contributed by atoms with Gasteiger partial charge >= 0.3 is 6.09 Å². The second-order valence-corrected chi connectivity index (χ2v) is 11.8. The molecule has 8 nitrogen and oxygen atoms in total. The minimum Gasteiger partial charge on any atom is -0.508 e. The summed E-state index contributed by atoms with van der Waals surface area (Å²) >= 11 is 1.57. The van der Waals surface area contributed by atoms with Gasteiger partial charge in [-0.15, -0.1) is 0 Å². The van der Waals surface area contributed by atoms with E-state index in [-0.39, 0.29) is 17.6 Å². The molecule has 0 aliphatic carbocycles. The number of unbranched alkanes of at least 4 members (excludes halogenated alkanes) is 3. The number of alkyl carbamates (subject to hydrolysis) is 1. The van der Waals surface area contributed by atoms with Gasteiger partial charge in [0.2, 0.25) is 11.8 Å². The number of nitrogens with zero attached hydrogens (tertiary/aromatic N) is 1. The Morgan fingerprint density at radius 3 is 2.38 bits per heavy atom. The van der Waals surface area contributed by atoms with Crippen LogP contribution in [-0.2, 0) is 20.9 Å². The summed E-state index contributed by atoms with van der Waals surface area (Å²) in [5.41, 5.74) is 0.699. The monoisotopic (exact) mass is 571 g/mol. The van der Waals surface area contributed by atoms with Crippen LogP contribution in [0.25, 0.3) is 0 Å². The molecule has 3 N–H and O–H groups in total. The lowest BCUT2D eigenvalue weighted by molar-refractivity contribution is -0.142. The molecule has 0 bridgehead atoms. The van der Waals surface area contributed by atoms with Crippen molar-refractivity contribution in [1.29, 1.82) is 0 Å². The minimum absolute atomic E-state index is 0.00237. The number of hydrogen-bond donors (Lipinski definition) is 3. The largest absolute Gasteiger partial charge is 0.508 e. The summed E-state index contributed by atoms with van der Waals surface area (Å²) in [7, 11) is 0. The maximum atomic E-state index is 14.2. The number of phenols is 1. The molecule has 2 atom stereocenters. The molecule has 0 saturated heterocycles. The van der Waals surface area contributed by atoms with Gasteiger partial charge in [-0.3, -0.25) is 9.59 Å². The van der Waals surface area contributed by atoms with Gasteiger partial charge in [-0.2, -0.15) is 11.8 Å². The summed E-state index contributed by atoms with van der Waals surface area (Å²) in [6.07, 6.45) is 5.26. The molecule has 0 fully saturated rings. The van der Waals surface area contributed by atoms with Crippen LogP contribution in [0.3, 0.4) is 0 Å². The van der Waals surface area contributed by atoms with E-state index >= 15 is 0 Å². The zero-order chi connectivity index (χ0) is 29.5. The summed E-state index contributed by atoms with van der Waals surface area (Å²) in [6, 6.07) is 14.1. The van der Waals surface area contributed by atoms with Crippen LogP contribution in [0.1, 0.15) is 77.0 Å². The molecule has 2 rings (SSSR count). The fourth-order valence-corrected chi connectivity index (χ4v) is 4.74. The SMILES string of the molecule is CCCCCCN(C(=O)C(CCSC)NC(=O)OC(C)(C)C)C(C(=O)NCc1ccccc1)c1cccc(O)c1. The number of ether oxygens (including phenoxy) is 1. The average Bonchev–Trinajstić information content (AvgIpc) is 2.90. The van der Waals surface area contributed by atoms with Crippen molar-refractivity contribution in [2.75, 3.05) is 18.6 Å². The number of rotatable bonds is 15. The molecule has 2 aromatic carbocycles. The first-order valence-electron chi connectivity index (χ1n) is 13.9. The van der Waals surface area contributed by atoms with Crippen LogP contribution in [-0.4, -0.2) is 58.1 Å². The molecule has 0 radical (unpaired) electrons. The van der Waals surface area contributed by atoms with Gasteiger partial charge in [0.1, 0.15) is 23.4 Å². The normalized spacial score (nSPS) is 12.7. The molecule has 0 saturated carbocycles. The molecule has 0 spiro atoms. The van der Waals surface area contributed by atoms with Gasteiger partial charge in [0.25, 0.3) is 0 Å². The highest BCUT2D eigenvalue weighted by atomic mass is 32.2. The number of carbonyl (C=O) groups excluding carboxylic acids is 3. The van der Waals surface area contributed by atoms with Crippen molar-refractivity contribution in [1.82, 2.24) is 15.5 Å². The number of thioether (sulfide) groups is 1. The second kappa shape index (κ2) is 16.8. The van der Waals surface area contributed by atoms with E-state index in [1.165, 1.54) is 12.1 Å². The fraction of sp³-hybridized carbons (Fsp3) is 0.516. The standard InChI is InChI=1S/C31H45N3O5S/c1-6-7-8-12-19-34(29(37)26(18-20-40-5)33-30(38)39-31(2,3)4)27(24-16-13-17-25(35)21-24)28(36)32-22-23-14-10-9-11-15-23/h9-11,13-17,21,26-27,35H,6-8,12,18-20,22H2,1-5H3,(H,32,36)(H,33,38). The number of hydrogen-bond acceptors (Lipinski definition) is 6. The van der Waals surface area contributed by atoms with Crippen molar-refractivity contribution >= 4 is 29.7 Å². The van der Waals surface area contributed by atoms with Crippen molar-refractivity contribution < 1.29 is 24.2 Å². The van der Waals surface area contributed by atoms with Crippen LogP contribution in [0.15, 0.2) is 54.6 Å². The Bertz CT molecular complexity index is 1070. The van der Waals surface area contributed by atoms with Crippen LogP contribution in [0.4, 0.5) is 4.79 Å². The third-order valence-corrected chi connectivity index (χ3v) is 6.83. The number of benzene rings is 2. The molecule has 0 aliphatic heterocycles. The molecular weight excluding hydrogens is 526 g/mol. The van der Waals surface area contributed by atoms with Crippen LogP contribution in [0.5, 0.6) is 5.75 Å². The molecule has 0 heterocycles. The highest BCUT2D eigenvalue weighted by Crippen LogP contribution is 2.27. The summed E-state index contributed by atoms with van der Waals surface area (Å²) < 4.78 is 5.45. The molecular formula is C31H45N3O5S. The first kappa shape index (κ1) is 33.0. The van der Waals surface area contributed by atoms with Crippen molar-refractivity contribution in [3.63, 3.8) is 0 Å². The van der Waals surface area contributed by atoms with E-state index in [1.807, 2.05) is 36.6 Å². The number of aromatic hydroxyl groups is 1. The molecule has 9 heteroatoms. The van der Waals surface area contributed by atoms with Crippen LogP contribution < -0.4 is 10.6 Å². The Hall–Kier alpha value is -3.20. The smallest absolute Gasteiger partial charge is 0.408 e. The Morgan fingerprint density at radius 2 is 1.75 bits per heavy atom. The molecule has 0 aliphatic rings. The molecule has 2 aromatic rings. The third kappa shape index (κ3) is 11.5. The summed E-state index contributed by atoms with van der Waals surface area (Å²) in [5, 5.41) is 16.0. The Balaban J connectivity index is 2.45. The highest BCUT2D eigenvalue weighted by Gasteiger charge is 2.36. The maximum Gasteiger partial charge on any atom is 0.408 e. The fourth-order valence-electron chi connectivity index (χ4n) is 4.27. The van der Waals surface area contributed by atoms with E-state index in [2.05, 4.69) is 17.6 Å². The van der Waals surface area contributed by atoms with Gasteiger partial charge < -0.3 is 25.4 Å². The summed E-state index contributed by atoms with van der Waals surface area (Å²) in [6.45, 7) is 8.02. The first-order chi connectivity index (χ1) is 19.1. The highest BCUT2D eigenvalue weighted by molar-refractivity contribution is 7.98. The minimum atomic E-state index is -0.998. The molecule has 2 unspecified atom stereocenters. The van der Waals surface area contributed by atoms with E-state index in [0.717, 1.165) is 24.8 Å². The van der Waals surface area contributed by atoms with E-state index in [9.17, 15) is 19.5 Å². The predicted octanol–water partition coefficient (Wildman–Crippen LogP) is 5.81. The third-order valence-electron chi connectivity index (χ3n) is 6.19. The van der Waals surface area contributed by atoms with Crippen molar-refractivity contribution in [3.05, 3.63) is 65.7 Å². The van der Waals surface area contributed by atoms with Gasteiger partial charge in [0, 0.05) is 13.1 Å². The van der Waals surface area contributed by atoms with E-state index in [4.69, 9.17) is 4.74 Å². The molecule has 3 amide bonds.